The molecule has 0 unspecified atom stereocenters. The summed E-state index contributed by atoms with van der Waals surface area (Å²) in [5.41, 5.74) is 6.16. The Hall–Kier alpha value is -3.21. The number of hydrogen-bond donors (Lipinski definition) is 0. The topological polar surface area (TPSA) is 61.0 Å². The van der Waals surface area contributed by atoms with Crippen LogP contribution in [-0.4, -0.2) is 15.1 Å². The molecule has 0 saturated carbocycles. The van der Waals surface area contributed by atoms with Gasteiger partial charge >= 0.3 is 0 Å². The van der Waals surface area contributed by atoms with Crippen LogP contribution in [0.2, 0.25) is 0 Å². The molecule has 0 aliphatic heterocycles. The van der Waals surface area contributed by atoms with Crippen molar-refractivity contribution in [2.24, 2.45) is 0 Å². The van der Waals surface area contributed by atoms with Gasteiger partial charge in [0.2, 0.25) is 5.82 Å². The fourth-order valence-electron chi connectivity index (χ4n) is 3.44. The van der Waals surface area contributed by atoms with E-state index in [2.05, 4.69) is 34.2 Å². The first-order chi connectivity index (χ1) is 13.0. The van der Waals surface area contributed by atoms with E-state index >= 15 is 0 Å². The van der Waals surface area contributed by atoms with Gasteiger partial charge in [0.1, 0.15) is 5.75 Å². The second-order valence-electron chi connectivity index (χ2n) is 6.86. The number of aromatic nitrogens is 3. The lowest BCUT2D eigenvalue weighted by atomic mass is 10.1. The minimum Gasteiger partial charge on any atom is -0.483 e. The fourth-order valence-corrected chi connectivity index (χ4v) is 3.44. The van der Waals surface area contributed by atoms with Gasteiger partial charge in [-0.05, 0) is 51.0 Å². The maximum Gasteiger partial charge on any atom is 0.264 e. The minimum absolute atomic E-state index is 0.236. The van der Waals surface area contributed by atoms with Gasteiger partial charge < -0.3 is 9.26 Å². The molecule has 27 heavy (non-hydrogen) atoms. The quantitative estimate of drug-likeness (QED) is 0.507. The average Bonchev–Trinajstić information content (AvgIpc) is 3.09. The van der Waals surface area contributed by atoms with Gasteiger partial charge in [-0.25, -0.2) is 0 Å². The molecule has 0 amide bonds. The number of rotatable bonds is 4. The molecule has 0 aliphatic rings. The zero-order chi connectivity index (χ0) is 19.0. The van der Waals surface area contributed by atoms with E-state index in [1.165, 1.54) is 5.56 Å². The molecule has 5 heteroatoms. The lowest BCUT2D eigenvalue weighted by Gasteiger charge is -2.11. The van der Waals surface area contributed by atoms with Gasteiger partial charge in [0.15, 0.2) is 6.61 Å². The number of para-hydroxylation sites is 1. The van der Waals surface area contributed by atoms with Crippen LogP contribution in [0.15, 0.2) is 47.0 Å². The number of pyridine rings is 1. The highest BCUT2D eigenvalue weighted by molar-refractivity contribution is 5.92. The first-order valence-electron chi connectivity index (χ1n) is 8.91. The molecule has 136 valence electrons. The summed E-state index contributed by atoms with van der Waals surface area (Å²) in [6, 6.07) is 14.1. The zero-order valence-electron chi connectivity index (χ0n) is 15.9. The molecule has 0 radical (unpaired) electrons. The van der Waals surface area contributed by atoms with Crippen LogP contribution in [0.3, 0.4) is 0 Å². The van der Waals surface area contributed by atoms with Crippen LogP contribution in [0.25, 0.3) is 22.3 Å². The summed E-state index contributed by atoms with van der Waals surface area (Å²) in [6.45, 7) is 8.36. The summed E-state index contributed by atoms with van der Waals surface area (Å²) in [5, 5.41) is 5.16. The molecule has 0 atom stereocenters. The van der Waals surface area contributed by atoms with E-state index in [-0.39, 0.29) is 6.61 Å². The predicted octanol–water partition coefficient (Wildman–Crippen LogP) is 5.10. The van der Waals surface area contributed by atoms with Gasteiger partial charge in [-0.2, -0.15) is 4.98 Å². The Morgan fingerprint density at radius 1 is 0.926 bits per heavy atom. The number of hydrogen-bond acceptors (Lipinski definition) is 5. The summed E-state index contributed by atoms with van der Waals surface area (Å²) >= 11 is 0. The molecule has 2 aromatic heterocycles. The second kappa shape index (κ2) is 6.83. The Morgan fingerprint density at radius 2 is 1.67 bits per heavy atom. The number of aryl methyl sites for hydroxylation is 4. The van der Waals surface area contributed by atoms with E-state index in [4.69, 9.17) is 9.26 Å². The van der Waals surface area contributed by atoms with Crippen LogP contribution in [0, 0.1) is 27.7 Å². The van der Waals surface area contributed by atoms with E-state index in [9.17, 15) is 0 Å². The van der Waals surface area contributed by atoms with Crippen molar-refractivity contribution in [3.8, 4) is 17.1 Å². The smallest absolute Gasteiger partial charge is 0.264 e. The van der Waals surface area contributed by atoms with E-state index in [1.807, 2.05) is 51.1 Å². The lowest BCUT2D eigenvalue weighted by molar-refractivity contribution is 0.240. The van der Waals surface area contributed by atoms with Gasteiger partial charge in [0.25, 0.3) is 5.89 Å². The first-order valence-corrected chi connectivity index (χ1v) is 8.91. The molecule has 0 aliphatic carbocycles. The molecule has 0 saturated heterocycles. The van der Waals surface area contributed by atoms with Gasteiger partial charge in [0.05, 0.1) is 5.52 Å². The van der Waals surface area contributed by atoms with E-state index < -0.39 is 0 Å². The summed E-state index contributed by atoms with van der Waals surface area (Å²) < 4.78 is 11.4. The molecule has 0 N–H and O–H groups in total. The van der Waals surface area contributed by atoms with Crippen LogP contribution in [0.5, 0.6) is 5.75 Å². The molecule has 4 rings (SSSR count). The molecule has 2 heterocycles. The van der Waals surface area contributed by atoms with Gasteiger partial charge in [-0.1, -0.05) is 41.1 Å². The standard InChI is InChI=1S/C22H21N3O2/c1-13-9-14(2)21(15(3)10-13)26-12-20-24-22(25-27-20)18-11-16(4)23-19-8-6-5-7-17(18)19/h5-11H,12H2,1-4H3. The van der Waals surface area contributed by atoms with E-state index in [1.54, 1.807) is 0 Å². The molecule has 0 spiro atoms. The Bertz CT molecular complexity index is 1110. The summed E-state index contributed by atoms with van der Waals surface area (Å²) in [6.07, 6.45) is 0. The minimum atomic E-state index is 0.236. The van der Waals surface area contributed by atoms with Crippen LogP contribution in [-0.2, 0) is 6.61 Å². The van der Waals surface area contributed by atoms with E-state index in [0.717, 1.165) is 39.0 Å². The van der Waals surface area contributed by atoms with Crippen molar-refractivity contribution < 1.29 is 9.26 Å². The largest absolute Gasteiger partial charge is 0.483 e. The highest BCUT2D eigenvalue weighted by Crippen LogP contribution is 2.28. The highest BCUT2D eigenvalue weighted by Gasteiger charge is 2.14. The number of fused-ring (bicyclic) bond motifs is 1. The van der Waals surface area contributed by atoms with Crippen molar-refractivity contribution in [2.45, 2.75) is 34.3 Å². The Labute approximate surface area is 158 Å². The zero-order valence-corrected chi connectivity index (χ0v) is 15.9. The first kappa shape index (κ1) is 17.2. The third-order valence-corrected chi connectivity index (χ3v) is 4.50. The summed E-state index contributed by atoms with van der Waals surface area (Å²) in [4.78, 5) is 9.09. The van der Waals surface area contributed by atoms with Crippen LogP contribution in [0.1, 0.15) is 28.3 Å². The summed E-state index contributed by atoms with van der Waals surface area (Å²) in [7, 11) is 0. The predicted molar refractivity (Wildman–Crippen MR) is 105 cm³/mol. The van der Waals surface area contributed by atoms with Crippen LogP contribution in [0.4, 0.5) is 0 Å². The molecule has 2 aromatic carbocycles. The monoisotopic (exact) mass is 359 g/mol. The van der Waals surface area contributed by atoms with Gasteiger partial charge in [0, 0.05) is 16.6 Å². The maximum absolute atomic E-state index is 5.96. The molecule has 5 nitrogen and oxygen atoms in total. The van der Waals surface area contributed by atoms with Crippen molar-refractivity contribution in [3.05, 3.63) is 70.7 Å². The number of ether oxygens (including phenoxy) is 1. The van der Waals surface area contributed by atoms with Crippen LogP contribution >= 0.6 is 0 Å². The van der Waals surface area contributed by atoms with Crippen LogP contribution < -0.4 is 4.74 Å². The van der Waals surface area contributed by atoms with Crippen molar-refractivity contribution in [2.75, 3.05) is 0 Å². The van der Waals surface area contributed by atoms with Crippen molar-refractivity contribution >= 4 is 10.9 Å². The van der Waals surface area contributed by atoms with Crippen molar-refractivity contribution in [3.63, 3.8) is 0 Å². The normalized spacial score (nSPS) is 11.1. The Morgan fingerprint density at radius 3 is 2.44 bits per heavy atom. The molecule has 4 aromatic rings. The third-order valence-electron chi connectivity index (χ3n) is 4.50. The fraction of sp³-hybridized carbons (Fsp3) is 0.227. The molecule has 0 fully saturated rings. The lowest BCUT2D eigenvalue weighted by Crippen LogP contribution is -2.00. The Balaban J connectivity index is 1.62. The number of benzene rings is 2. The molecule has 0 bridgehead atoms. The number of nitrogens with zero attached hydrogens (tertiary/aromatic N) is 3. The second-order valence-corrected chi connectivity index (χ2v) is 6.86. The van der Waals surface area contributed by atoms with Crippen molar-refractivity contribution in [1.29, 1.82) is 0 Å². The molecular formula is C22H21N3O2. The SMILES string of the molecule is Cc1cc(C)c(OCc2nc(-c3cc(C)nc4ccccc34)no2)c(C)c1. The summed E-state index contributed by atoms with van der Waals surface area (Å²) in [5.74, 6) is 1.86. The van der Waals surface area contributed by atoms with Gasteiger partial charge in [-0.15, -0.1) is 0 Å². The third kappa shape index (κ3) is 3.40. The highest BCUT2D eigenvalue weighted by atomic mass is 16.5. The average molecular weight is 359 g/mol. The van der Waals surface area contributed by atoms with Gasteiger partial charge in [-0.3, -0.25) is 4.98 Å². The molecular weight excluding hydrogens is 338 g/mol. The van der Waals surface area contributed by atoms with Crippen molar-refractivity contribution in [1.82, 2.24) is 15.1 Å². The maximum atomic E-state index is 5.96. The Kier molecular flexibility index (Phi) is 4.36. The van der Waals surface area contributed by atoms with E-state index in [0.29, 0.717) is 11.7 Å².